The Morgan fingerprint density at radius 2 is 2.15 bits per heavy atom. The molecule has 108 valence electrons. The third-order valence-electron chi connectivity index (χ3n) is 3.44. The van der Waals surface area contributed by atoms with E-state index in [0.717, 1.165) is 24.2 Å². The molecule has 5 nitrogen and oxygen atoms in total. The maximum atomic E-state index is 5.42. The molecule has 0 bridgehead atoms. The van der Waals surface area contributed by atoms with Gasteiger partial charge in [0.25, 0.3) is 0 Å². The predicted octanol–water partition coefficient (Wildman–Crippen LogP) is 3.27. The molecule has 0 fully saturated rings. The van der Waals surface area contributed by atoms with Crippen LogP contribution < -0.4 is 5.32 Å². The Hall–Kier alpha value is -1.88. The van der Waals surface area contributed by atoms with Crippen molar-refractivity contribution in [3.63, 3.8) is 0 Å². The fourth-order valence-electron chi connectivity index (χ4n) is 1.84. The normalized spacial score (nSPS) is 11.6. The van der Waals surface area contributed by atoms with Crippen LogP contribution in [0, 0.1) is 6.92 Å². The Morgan fingerprint density at radius 3 is 2.80 bits per heavy atom. The number of aryl methyl sites for hydroxylation is 1. The zero-order valence-corrected chi connectivity index (χ0v) is 12.4. The van der Waals surface area contributed by atoms with Crippen LogP contribution in [0.4, 0.5) is 5.69 Å². The van der Waals surface area contributed by atoms with Gasteiger partial charge in [-0.2, -0.15) is 0 Å². The summed E-state index contributed by atoms with van der Waals surface area (Å²) in [6.07, 6.45) is 2.26. The number of aromatic nitrogens is 2. The highest BCUT2D eigenvalue weighted by Gasteiger charge is 2.15. The Bertz CT molecular complexity index is 550. The maximum Gasteiger partial charge on any atom is 0.247 e. The molecular weight excluding hydrogens is 254 g/mol. The molecule has 0 aliphatic heterocycles. The molecule has 0 atom stereocenters. The monoisotopic (exact) mass is 275 g/mol. The zero-order valence-electron chi connectivity index (χ0n) is 12.4. The van der Waals surface area contributed by atoms with Gasteiger partial charge in [0, 0.05) is 24.9 Å². The van der Waals surface area contributed by atoms with Crippen molar-refractivity contribution in [2.45, 2.75) is 32.8 Å². The van der Waals surface area contributed by atoms with E-state index in [4.69, 9.17) is 9.15 Å². The molecule has 0 amide bonds. The van der Waals surface area contributed by atoms with Gasteiger partial charge in [0.2, 0.25) is 12.3 Å². The van der Waals surface area contributed by atoms with Crippen LogP contribution in [0.25, 0.3) is 11.5 Å². The van der Waals surface area contributed by atoms with Crippen LogP contribution in [0.2, 0.25) is 0 Å². The van der Waals surface area contributed by atoms with Gasteiger partial charge in [-0.15, -0.1) is 10.2 Å². The minimum atomic E-state index is -0.120. The first kappa shape index (κ1) is 14.5. The number of anilines is 1. The summed E-state index contributed by atoms with van der Waals surface area (Å²) in [5, 5.41) is 11.1. The van der Waals surface area contributed by atoms with E-state index >= 15 is 0 Å². The minimum absolute atomic E-state index is 0.120. The second-order valence-corrected chi connectivity index (χ2v) is 5.41. The molecule has 0 aliphatic rings. The van der Waals surface area contributed by atoms with Gasteiger partial charge in [-0.1, -0.05) is 6.07 Å². The minimum Gasteiger partial charge on any atom is -0.423 e. The van der Waals surface area contributed by atoms with E-state index in [1.54, 1.807) is 7.11 Å². The van der Waals surface area contributed by atoms with Crippen molar-refractivity contribution >= 4 is 5.69 Å². The summed E-state index contributed by atoms with van der Waals surface area (Å²) in [5.41, 5.74) is 3.06. The molecule has 5 heteroatoms. The summed E-state index contributed by atoms with van der Waals surface area (Å²) < 4.78 is 10.6. The standard InChI is InChI=1S/C15H21N3O2/c1-11-5-6-12(14-18-17-10-20-14)9-13(11)16-8-7-15(2,3)19-4/h5-6,9-10,16H,7-8H2,1-4H3. The quantitative estimate of drug-likeness (QED) is 0.876. The molecule has 0 saturated carbocycles. The lowest BCUT2D eigenvalue weighted by molar-refractivity contribution is 0.0185. The number of benzene rings is 1. The summed E-state index contributed by atoms with van der Waals surface area (Å²) in [7, 11) is 1.74. The average molecular weight is 275 g/mol. The molecule has 1 aromatic heterocycles. The number of nitrogens with one attached hydrogen (secondary N) is 1. The van der Waals surface area contributed by atoms with Gasteiger partial charge in [0.05, 0.1) is 5.60 Å². The summed E-state index contributed by atoms with van der Waals surface area (Å²) >= 11 is 0. The predicted molar refractivity (Wildman–Crippen MR) is 78.7 cm³/mol. The molecule has 2 aromatic rings. The highest BCUT2D eigenvalue weighted by molar-refractivity contribution is 5.64. The van der Waals surface area contributed by atoms with E-state index in [0.29, 0.717) is 5.89 Å². The Labute approximate surface area is 119 Å². The van der Waals surface area contributed by atoms with Crippen molar-refractivity contribution in [1.29, 1.82) is 0 Å². The maximum absolute atomic E-state index is 5.42. The van der Waals surface area contributed by atoms with Gasteiger partial charge in [-0.05, 0) is 44.9 Å². The fraction of sp³-hybridized carbons (Fsp3) is 0.467. The summed E-state index contributed by atoms with van der Waals surface area (Å²) in [6, 6.07) is 6.05. The molecule has 1 heterocycles. The lowest BCUT2D eigenvalue weighted by atomic mass is 10.0. The molecule has 0 saturated heterocycles. The number of ether oxygens (including phenoxy) is 1. The first-order chi connectivity index (χ1) is 9.52. The van der Waals surface area contributed by atoms with E-state index in [1.165, 1.54) is 12.0 Å². The van der Waals surface area contributed by atoms with Crippen LogP contribution in [0.5, 0.6) is 0 Å². The van der Waals surface area contributed by atoms with Crippen LogP contribution in [0.1, 0.15) is 25.8 Å². The van der Waals surface area contributed by atoms with Gasteiger partial charge in [-0.25, -0.2) is 0 Å². The van der Waals surface area contributed by atoms with E-state index in [-0.39, 0.29) is 5.60 Å². The molecule has 20 heavy (non-hydrogen) atoms. The van der Waals surface area contributed by atoms with Crippen molar-refractivity contribution in [2.75, 3.05) is 19.0 Å². The van der Waals surface area contributed by atoms with Crippen LogP contribution in [0.15, 0.2) is 29.0 Å². The van der Waals surface area contributed by atoms with Crippen LogP contribution in [-0.4, -0.2) is 29.5 Å². The third kappa shape index (κ3) is 3.57. The van der Waals surface area contributed by atoms with Crippen molar-refractivity contribution in [3.8, 4) is 11.5 Å². The molecule has 1 N–H and O–H groups in total. The van der Waals surface area contributed by atoms with Crippen LogP contribution in [0.3, 0.4) is 0 Å². The van der Waals surface area contributed by atoms with Gasteiger partial charge >= 0.3 is 0 Å². The van der Waals surface area contributed by atoms with Gasteiger partial charge in [0.15, 0.2) is 0 Å². The van der Waals surface area contributed by atoms with Crippen molar-refractivity contribution in [1.82, 2.24) is 10.2 Å². The van der Waals surface area contributed by atoms with Gasteiger partial charge in [0.1, 0.15) is 0 Å². The smallest absolute Gasteiger partial charge is 0.247 e. The first-order valence-electron chi connectivity index (χ1n) is 6.68. The molecular formula is C15H21N3O2. The lowest BCUT2D eigenvalue weighted by Crippen LogP contribution is -2.25. The topological polar surface area (TPSA) is 60.2 Å². The van der Waals surface area contributed by atoms with Crippen molar-refractivity contribution < 1.29 is 9.15 Å². The zero-order chi connectivity index (χ0) is 14.6. The summed E-state index contributed by atoms with van der Waals surface area (Å²) in [4.78, 5) is 0. The highest BCUT2D eigenvalue weighted by atomic mass is 16.5. The van der Waals surface area contributed by atoms with Crippen molar-refractivity contribution in [3.05, 3.63) is 30.2 Å². The number of nitrogens with zero attached hydrogens (tertiary/aromatic N) is 2. The van der Waals surface area contributed by atoms with Gasteiger partial charge < -0.3 is 14.5 Å². The molecule has 2 rings (SSSR count). The molecule has 1 aromatic carbocycles. The summed E-state index contributed by atoms with van der Waals surface area (Å²) in [6.45, 7) is 7.07. The summed E-state index contributed by atoms with van der Waals surface area (Å²) in [5.74, 6) is 0.533. The highest BCUT2D eigenvalue weighted by Crippen LogP contribution is 2.24. The number of hydrogen-bond donors (Lipinski definition) is 1. The number of methoxy groups -OCH3 is 1. The SMILES string of the molecule is COC(C)(C)CCNc1cc(-c2nnco2)ccc1C. The molecule has 0 spiro atoms. The van der Waals surface area contributed by atoms with E-state index in [1.807, 2.05) is 18.2 Å². The first-order valence-corrected chi connectivity index (χ1v) is 6.68. The van der Waals surface area contributed by atoms with Gasteiger partial charge in [-0.3, -0.25) is 0 Å². The number of rotatable bonds is 6. The third-order valence-corrected chi connectivity index (χ3v) is 3.44. The van der Waals surface area contributed by atoms with E-state index in [9.17, 15) is 0 Å². The second-order valence-electron chi connectivity index (χ2n) is 5.41. The Kier molecular flexibility index (Phi) is 4.39. The number of hydrogen-bond acceptors (Lipinski definition) is 5. The largest absolute Gasteiger partial charge is 0.423 e. The molecule has 0 unspecified atom stereocenters. The van der Waals surface area contributed by atoms with Crippen LogP contribution >= 0.6 is 0 Å². The fourth-order valence-corrected chi connectivity index (χ4v) is 1.84. The molecule has 0 aliphatic carbocycles. The van der Waals surface area contributed by atoms with E-state index in [2.05, 4.69) is 36.3 Å². The average Bonchev–Trinajstić information content (AvgIpc) is 2.95. The second kappa shape index (κ2) is 6.05. The van der Waals surface area contributed by atoms with E-state index < -0.39 is 0 Å². The lowest BCUT2D eigenvalue weighted by Gasteiger charge is -2.23. The Balaban J connectivity index is 2.06. The van der Waals surface area contributed by atoms with Crippen LogP contribution in [-0.2, 0) is 4.74 Å². The Morgan fingerprint density at radius 1 is 1.35 bits per heavy atom. The molecule has 0 radical (unpaired) electrons. The van der Waals surface area contributed by atoms with Crippen molar-refractivity contribution in [2.24, 2.45) is 0 Å².